The van der Waals surface area contributed by atoms with E-state index >= 15 is 0 Å². The molecule has 2 fully saturated rings. The Balaban J connectivity index is 1.17. The molecule has 2 unspecified atom stereocenters. The highest BCUT2D eigenvalue weighted by molar-refractivity contribution is 6.30. The third kappa shape index (κ3) is 3.85. The van der Waals surface area contributed by atoms with Gasteiger partial charge in [-0.05, 0) is 41.9 Å². The van der Waals surface area contributed by atoms with Gasteiger partial charge >= 0.3 is 0 Å². The summed E-state index contributed by atoms with van der Waals surface area (Å²) in [5, 5.41) is 3.52. The van der Waals surface area contributed by atoms with Crippen LogP contribution in [0.5, 0.6) is 0 Å². The molecule has 0 aromatic carbocycles. The lowest BCUT2D eigenvalue weighted by Crippen LogP contribution is -2.27. The van der Waals surface area contributed by atoms with Crippen molar-refractivity contribution in [2.24, 2.45) is 17.8 Å². The molecule has 0 radical (unpaired) electrons. The number of carbonyl (C=O) groups excluding carboxylic acids is 1. The molecule has 0 spiro atoms. The molecule has 0 bridgehead atoms. The van der Waals surface area contributed by atoms with E-state index in [0.29, 0.717) is 29.3 Å². The number of nitrogens with one attached hydrogen (secondary N) is 1. The zero-order chi connectivity index (χ0) is 17.9. The normalized spacial score (nSPS) is 23.9. The summed E-state index contributed by atoms with van der Waals surface area (Å²) in [6.45, 7) is 2.70. The maximum atomic E-state index is 11.9. The average molecular weight is 370 g/mol. The van der Waals surface area contributed by atoms with Crippen molar-refractivity contribution in [2.75, 3.05) is 24.5 Å². The molecular formula is C19H20ClN5O. The summed E-state index contributed by atoms with van der Waals surface area (Å²) in [5.41, 5.74) is 0.920. The van der Waals surface area contributed by atoms with E-state index in [0.717, 1.165) is 31.0 Å². The van der Waals surface area contributed by atoms with Gasteiger partial charge in [0.25, 0.3) is 0 Å². The van der Waals surface area contributed by atoms with E-state index in [1.165, 1.54) is 0 Å². The molecule has 1 amide bonds. The van der Waals surface area contributed by atoms with Crippen LogP contribution >= 0.6 is 11.6 Å². The average Bonchev–Trinajstić information content (AvgIpc) is 3.11. The molecule has 3 heterocycles. The number of nitrogens with zero attached hydrogens (tertiary/aromatic N) is 4. The van der Waals surface area contributed by atoms with Gasteiger partial charge in [0.1, 0.15) is 0 Å². The van der Waals surface area contributed by atoms with Crippen LogP contribution in [0.1, 0.15) is 12.0 Å². The van der Waals surface area contributed by atoms with Crippen molar-refractivity contribution in [3.8, 4) is 0 Å². The van der Waals surface area contributed by atoms with Crippen molar-refractivity contribution in [3.05, 3.63) is 53.6 Å². The molecule has 1 aliphatic carbocycles. The number of aromatic nitrogens is 3. The second kappa shape index (κ2) is 7.41. The van der Waals surface area contributed by atoms with Gasteiger partial charge in [0, 0.05) is 38.1 Å². The predicted octanol–water partition coefficient (Wildman–Crippen LogP) is 2.43. The van der Waals surface area contributed by atoms with Gasteiger partial charge in [-0.3, -0.25) is 9.78 Å². The van der Waals surface area contributed by atoms with Crippen LogP contribution in [0.25, 0.3) is 6.08 Å². The van der Waals surface area contributed by atoms with Crippen molar-refractivity contribution in [2.45, 2.75) is 6.42 Å². The fraction of sp³-hybridized carbons (Fsp3) is 0.368. The first-order valence-electron chi connectivity index (χ1n) is 8.79. The van der Waals surface area contributed by atoms with Gasteiger partial charge in [-0.25, -0.2) is 9.97 Å². The number of carbonyl (C=O) groups is 1. The zero-order valence-corrected chi connectivity index (χ0v) is 15.0. The Morgan fingerprint density at radius 2 is 2.04 bits per heavy atom. The topological polar surface area (TPSA) is 71.0 Å². The van der Waals surface area contributed by atoms with Gasteiger partial charge < -0.3 is 10.2 Å². The molecule has 2 aromatic heterocycles. The highest BCUT2D eigenvalue weighted by Gasteiger charge is 2.55. The Bertz CT molecular complexity index is 783. The van der Waals surface area contributed by atoms with Crippen LogP contribution in [0, 0.1) is 17.8 Å². The van der Waals surface area contributed by atoms with Crippen LogP contribution in [0.4, 0.5) is 5.95 Å². The second-order valence-corrected chi connectivity index (χ2v) is 7.23. The summed E-state index contributed by atoms with van der Waals surface area (Å²) in [5.74, 6) is 2.78. The van der Waals surface area contributed by atoms with Crippen LogP contribution in [-0.4, -0.2) is 40.5 Å². The third-order valence-electron chi connectivity index (χ3n) is 5.15. The summed E-state index contributed by atoms with van der Waals surface area (Å²) >= 11 is 5.83. The number of rotatable bonds is 6. The van der Waals surface area contributed by atoms with Crippen LogP contribution in [0.15, 0.2) is 43.0 Å². The van der Waals surface area contributed by atoms with Gasteiger partial charge in [-0.2, -0.15) is 0 Å². The Morgan fingerprint density at radius 3 is 2.73 bits per heavy atom. The standard InChI is InChI=1S/C19H20ClN5O/c20-14-9-23-19(24-10-14)25-11-16-15(17(16)12-25)5-7-22-18(26)4-3-13-2-1-6-21-8-13/h1-4,6,8-10,15-17H,5,7,11-12H2,(H,22,26)/b4-3+. The minimum Gasteiger partial charge on any atom is -0.353 e. The Kier molecular flexibility index (Phi) is 4.84. The number of halogens is 1. The number of hydrogen-bond donors (Lipinski definition) is 1. The van der Waals surface area contributed by atoms with E-state index in [1.807, 2.05) is 12.1 Å². The number of fused-ring (bicyclic) bond motifs is 1. The lowest BCUT2D eigenvalue weighted by molar-refractivity contribution is -0.116. The quantitative estimate of drug-likeness (QED) is 0.792. The minimum atomic E-state index is -0.0594. The Labute approximate surface area is 157 Å². The Hall–Kier alpha value is -2.47. The number of hydrogen-bond acceptors (Lipinski definition) is 5. The molecule has 1 saturated carbocycles. The molecule has 134 valence electrons. The summed E-state index contributed by atoms with van der Waals surface area (Å²) in [4.78, 5) is 26.7. The van der Waals surface area contributed by atoms with E-state index in [-0.39, 0.29) is 5.91 Å². The van der Waals surface area contributed by atoms with Gasteiger partial charge in [-0.1, -0.05) is 17.7 Å². The highest BCUT2D eigenvalue weighted by atomic mass is 35.5. The highest BCUT2D eigenvalue weighted by Crippen LogP contribution is 2.53. The fourth-order valence-corrected chi connectivity index (χ4v) is 3.87. The molecule has 1 N–H and O–H groups in total. The molecule has 2 aliphatic rings. The number of piperidine rings is 1. The molecule has 2 aromatic rings. The first kappa shape index (κ1) is 17.0. The molecule has 1 aliphatic heterocycles. The van der Waals surface area contributed by atoms with Crippen LogP contribution in [0.3, 0.4) is 0 Å². The molecule has 1 saturated heterocycles. The van der Waals surface area contributed by atoms with Crippen LogP contribution in [-0.2, 0) is 4.79 Å². The minimum absolute atomic E-state index is 0.0594. The van der Waals surface area contributed by atoms with Crippen LogP contribution in [0.2, 0.25) is 5.02 Å². The van der Waals surface area contributed by atoms with E-state index in [4.69, 9.17) is 11.6 Å². The van der Waals surface area contributed by atoms with E-state index in [1.54, 1.807) is 36.9 Å². The first-order valence-corrected chi connectivity index (χ1v) is 9.17. The van der Waals surface area contributed by atoms with Gasteiger partial charge in [0.2, 0.25) is 11.9 Å². The van der Waals surface area contributed by atoms with Crippen molar-refractivity contribution in [3.63, 3.8) is 0 Å². The lowest BCUT2D eigenvalue weighted by Gasteiger charge is -2.19. The lowest BCUT2D eigenvalue weighted by atomic mass is 10.2. The Morgan fingerprint density at radius 1 is 1.27 bits per heavy atom. The summed E-state index contributed by atoms with van der Waals surface area (Å²) in [6.07, 6.45) is 11.1. The van der Waals surface area contributed by atoms with E-state index < -0.39 is 0 Å². The van der Waals surface area contributed by atoms with Gasteiger partial charge in [0.15, 0.2) is 0 Å². The third-order valence-corrected chi connectivity index (χ3v) is 5.34. The van der Waals surface area contributed by atoms with Crippen molar-refractivity contribution in [1.82, 2.24) is 20.3 Å². The summed E-state index contributed by atoms with van der Waals surface area (Å²) in [7, 11) is 0. The second-order valence-electron chi connectivity index (χ2n) is 6.80. The zero-order valence-electron chi connectivity index (χ0n) is 14.3. The smallest absolute Gasteiger partial charge is 0.244 e. The molecule has 26 heavy (non-hydrogen) atoms. The molecule has 6 nitrogen and oxygen atoms in total. The molecular weight excluding hydrogens is 350 g/mol. The largest absolute Gasteiger partial charge is 0.353 e. The summed E-state index contributed by atoms with van der Waals surface area (Å²) in [6, 6.07) is 3.76. The summed E-state index contributed by atoms with van der Waals surface area (Å²) < 4.78 is 0. The number of anilines is 1. The molecule has 2 atom stereocenters. The van der Waals surface area contributed by atoms with Gasteiger partial charge in [-0.15, -0.1) is 0 Å². The van der Waals surface area contributed by atoms with E-state index in [2.05, 4.69) is 25.2 Å². The van der Waals surface area contributed by atoms with Crippen molar-refractivity contribution < 1.29 is 4.79 Å². The predicted molar refractivity (Wildman–Crippen MR) is 101 cm³/mol. The van der Waals surface area contributed by atoms with Crippen molar-refractivity contribution in [1.29, 1.82) is 0 Å². The maximum Gasteiger partial charge on any atom is 0.244 e. The number of pyridine rings is 1. The monoisotopic (exact) mass is 369 g/mol. The maximum absolute atomic E-state index is 11.9. The van der Waals surface area contributed by atoms with Crippen LogP contribution < -0.4 is 10.2 Å². The number of amides is 1. The van der Waals surface area contributed by atoms with Crippen molar-refractivity contribution >= 4 is 29.5 Å². The fourth-order valence-electron chi connectivity index (χ4n) is 3.78. The molecule has 4 rings (SSSR count). The first-order chi connectivity index (χ1) is 12.7. The van der Waals surface area contributed by atoms with Gasteiger partial charge in [0.05, 0.1) is 17.4 Å². The molecule has 7 heteroatoms. The van der Waals surface area contributed by atoms with E-state index in [9.17, 15) is 4.79 Å². The SMILES string of the molecule is O=C(/C=C/c1cccnc1)NCCC1C2CN(c3ncc(Cl)cn3)CC12.